The van der Waals surface area contributed by atoms with Crippen LogP contribution in [0.4, 0.5) is 0 Å². The number of aryl methyl sites for hydroxylation is 2. The third kappa shape index (κ3) is 8.54. The van der Waals surface area contributed by atoms with Gasteiger partial charge in [-0.05, 0) is 43.2 Å². The molecule has 0 saturated heterocycles. The molecule has 0 heterocycles. The fourth-order valence-electron chi connectivity index (χ4n) is 2.51. The topological polar surface area (TPSA) is 26.3 Å². The standard InChI is InChI=1S/C19H30O2/c1-3-4-7-10-17-13-15-18(16-14-17)11-8-5-6-9-12-19(20)21-2/h13-16H,3-12H2,1-2H3. The molecule has 2 nitrogen and oxygen atoms in total. The van der Waals surface area contributed by atoms with Crippen LogP contribution >= 0.6 is 0 Å². The van der Waals surface area contributed by atoms with E-state index in [1.807, 2.05) is 0 Å². The van der Waals surface area contributed by atoms with Crippen molar-refractivity contribution in [2.24, 2.45) is 0 Å². The maximum atomic E-state index is 11.0. The molecule has 0 aliphatic heterocycles. The number of methoxy groups -OCH3 is 1. The molecule has 0 fully saturated rings. The van der Waals surface area contributed by atoms with Crippen LogP contribution < -0.4 is 0 Å². The van der Waals surface area contributed by atoms with E-state index in [2.05, 4.69) is 35.9 Å². The maximum absolute atomic E-state index is 11.0. The lowest BCUT2D eigenvalue weighted by Gasteiger charge is -2.05. The molecule has 1 aromatic rings. The fraction of sp³-hybridized carbons (Fsp3) is 0.632. The number of unbranched alkanes of at least 4 members (excludes halogenated alkanes) is 5. The van der Waals surface area contributed by atoms with E-state index in [9.17, 15) is 4.79 Å². The van der Waals surface area contributed by atoms with Gasteiger partial charge in [-0.15, -0.1) is 0 Å². The molecule has 1 aromatic carbocycles. The molecule has 21 heavy (non-hydrogen) atoms. The quantitative estimate of drug-likeness (QED) is 0.419. The van der Waals surface area contributed by atoms with Gasteiger partial charge in [-0.2, -0.15) is 0 Å². The molecule has 118 valence electrons. The van der Waals surface area contributed by atoms with Crippen molar-refractivity contribution in [3.05, 3.63) is 35.4 Å². The van der Waals surface area contributed by atoms with Gasteiger partial charge in [0.15, 0.2) is 0 Å². The Morgan fingerprint density at radius 1 is 0.857 bits per heavy atom. The lowest BCUT2D eigenvalue weighted by Crippen LogP contribution is -1.99. The molecular formula is C19H30O2. The van der Waals surface area contributed by atoms with Gasteiger partial charge < -0.3 is 4.74 Å². The Balaban J connectivity index is 2.11. The van der Waals surface area contributed by atoms with E-state index in [0.29, 0.717) is 6.42 Å². The molecule has 0 aromatic heterocycles. The van der Waals surface area contributed by atoms with E-state index in [1.54, 1.807) is 0 Å². The normalized spacial score (nSPS) is 10.6. The van der Waals surface area contributed by atoms with Gasteiger partial charge in [-0.3, -0.25) is 4.79 Å². The van der Waals surface area contributed by atoms with Crippen LogP contribution in [0.1, 0.15) is 69.4 Å². The molecule has 0 unspecified atom stereocenters. The average molecular weight is 290 g/mol. The summed E-state index contributed by atoms with van der Waals surface area (Å²) in [6.07, 6.45) is 11.3. The fourth-order valence-corrected chi connectivity index (χ4v) is 2.51. The molecule has 0 amide bonds. The zero-order valence-corrected chi connectivity index (χ0v) is 13.7. The molecule has 0 bridgehead atoms. The minimum Gasteiger partial charge on any atom is -0.469 e. The number of rotatable bonds is 11. The van der Waals surface area contributed by atoms with Crippen molar-refractivity contribution in [2.75, 3.05) is 7.11 Å². The van der Waals surface area contributed by atoms with Crippen LogP contribution in [0.25, 0.3) is 0 Å². The summed E-state index contributed by atoms with van der Waals surface area (Å²) in [5.41, 5.74) is 2.90. The molecule has 0 atom stereocenters. The zero-order valence-electron chi connectivity index (χ0n) is 13.7. The summed E-state index contributed by atoms with van der Waals surface area (Å²) in [6.45, 7) is 2.24. The molecule has 2 heteroatoms. The SMILES string of the molecule is CCCCCc1ccc(CCCCCCC(=O)OC)cc1. The number of ether oxygens (including phenoxy) is 1. The molecule has 0 saturated carbocycles. The number of carbonyl (C=O) groups excluding carboxylic acids is 1. The van der Waals surface area contributed by atoms with Crippen LogP contribution in [-0.2, 0) is 22.4 Å². The van der Waals surface area contributed by atoms with Crippen molar-refractivity contribution in [3.63, 3.8) is 0 Å². The van der Waals surface area contributed by atoms with Gasteiger partial charge in [0.25, 0.3) is 0 Å². The Bertz CT molecular complexity index is 381. The summed E-state index contributed by atoms with van der Waals surface area (Å²) in [7, 11) is 1.45. The molecule has 0 radical (unpaired) electrons. The number of carbonyl (C=O) groups is 1. The Morgan fingerprint density at radius 3 is 1.90 bits per heavy atom. The minimum absolute atomic E-state index is 0.0892. The summed E-state index contributed by atoms with van der Waals surface area (Å²) >= 11 is 0. The summed E-state index contributed by atoms with van der Waals surface area (Å²) in [4.78, 5) is 11.0. The Morgan fingerprint density at radius 2 is 1.38 bits per heavy atom. The Hall–Kier alpha value is -1.31. The summed E-state index contributed by atoms with van der Waals surface area (Å²) in [5.74, 6) is -0.0892. The van der Waals surface area contributed by atoms with Gasteiger partial charge in [-0.25, -0.2) is 0 Å². The second-order valence-corrected chi connectivity index (χ2v) is 5.76. The first kappa shape index (κ1) is 17.7. The lowest BCUT2D eigenvalue weighted by atomic mass is 10.0. The van der Waals surface area contributed by atoms with Crippen LogP contribution in [0.15, 0.2) is 24.3 Å². The molecule has 0 aliphatic carbocycles. The first-order valence-electron chi connectivity index (χ1n) is 8.41. The third-order valence-corrected chi connectivity index (χ3v) is 3.92. The monoisotopic (exact) mass is 290 g/mol. The van der Waals surface area contributed by atoms with Crippen LogP contribution in [0.2, 0.25) is 0 Å². The summed E-state index contributed by atoms with van der Waals surface area (Å²) in [5, 5.41) is 0. The number of hydrogen-bond donors (Lipinski definition) is 0. The van der Waals surface area contributed by atoms with Gasteiger partial charge >= 0.3 is 5.97 Å². The van der Waals surface area contributed by atoms with Crippen LogP contribution in [0.3, 0.4) is 0 Å². The molecule has 0 N–H and O–H groups in total. The van der Waals surface area contributed by atoms with E-state index in [1.165, 1.54) is 56.8 Å². The second-order valence-electron chi connectivity index (χ2n) is 5.76. The van der Waals surface area contributed by atoms with Crippen molar-refractivity contribution in [1.82, 2.24) is 0 Å². The summed E-state index contributed by atoms with van der Waals surface area (Å²) in [6, 6.07) is 9.11. The van der Waals surface area contributed by atoms with Gasteiger partial charge in [0, 0.05) is 6.42 Å². The Kier molecular flexibility index (Phi) is 9.60. The van der Waals surface area contributed by atoms with Crippen molar-refractivity contribution in [2.45, 2.75) is 71.1 Å². The second kappa shape index (κ2) is 11.4. The van der Waals surface area contributed by atoms with E-state index < -0.39 is 0 Å². The number of benzene rings is 1. The van der Waals surface area contributed by atoms with Gasteiger partial charge in [0.2, 0.25) is 0 Å². The smallest absolute Gasteiger partial charge is 0.305 e. The lowest BCUT2D eigenvalue weighted by molar-refractivity contribution is -0.140. The van der Waals surface area contributed by atoms with Gasteiger partial charge in [0.1, 0.15) is 0 Å². The predicted molar refractivity (Wildman–Crippen MR) is 88.5 cm³/mol. The van der Waals surface area contributed by atoms with Crippen LogP contribution in [0, 0.1) is 0 Å². The highest BCUT2D eigenvalue weighted by Gasteiger charge is 2.00. The highest BCUT2D eigenvalue weighted by atomic mass is 16.5. The highest BCUT2D eigenvalue weighted by Crippen LogP contribution is 2.12. The van der Waals surface area contributed by atoms with Gasteiger partial charge in [0.05, 0.1) is 7.11 Å². The number of hydrogen-bond acceptors (Lipinski definition) is 2. The first-order valence-corrected chi connectivity index (χ1v) is 8.41. The predicted octanol–water partition coefficient (Wildman–Crippen LogP) is 5.09. The number of esters is 1. The first-order chi connectivity index (χ1) is 10.3. The Labute approximate surface area is 129 Å². The van der Waals surface area contributed by atoms with Crippen LogP contribution in [0.5, 0.6) is 0 Å². The highest BCUT2D eigenvalue weighted by molar-refractivity contribution is 5.68. The van der Waals surface area contributed by atoms with Gasteiger partial charge in [-0.1, -0.05) is 56.9 Å². The average Bonchev–Trinajstić information content (AvgIpc) is 2.52. The van der Waals surface area contributed by atoms with E-state index in [4.69, 9.17) is 0 Å². The van der Waals surface area contributed by atoms with Crippen molar-refractivity contribution in [3.8, 4) is 0 Å². The maximum Gasteiger partial charge on any atom is 0.305 e. The van der Waals surface area contributed by atoms with E-state index in [0.717, 1.165) is 19.3 Å². The molecular weight excluding hydrogens is 260 g/mol. The van der Waals surface area contributed by atoms with E-state index >= 15 is 0 Å². The third-order valence-electron chi connectivity index (χ3n) is 3.92. The molecule has 0 aliphatic rings. The van der Waals surface area contributed by atoms with Crippen molar-refractivity contribution in [1.29, 1.82) is 0 Å². The molecule has 0 spiro atoms. The molecule has 1 rings (SSSR count). The van der Waals surface area contributed by atoms with E-state index in [-0.39, 0.29) is 5.97 Å². The van der Waals surface area contributed by atoms with Crippen LogP contribution in [-0.4, -0.2) is 13.1 Å². The van der Waals surface area contributed by atoms with Crippen molar-refractivity contribution >= 4 is 5.97 Å². The summed E-state index contributed by atoms with van der Waals surface area (Å²) < 4.78 is 4.63. The van der Waals surface area contributed by atoms with Crippen molar-refractivity contribution < 1.29 is 9.53 Å². The largest absolute Gasteiger partial charge is 0.469 e. The zero-order chi connectivity index (χ0) is 15.3. The minimum atomic E-state index is -0.0892.